The molecule has 0 saturated carbocycles. The summed E-state index contributed by atoms with van der Waals surface area (Å²) in [6, 6.07) is 4.94. The summed E-state index contributed by atoms with van der Waals surface area (Å²) < 4.78 is 75.7. The van der Waals surface area contributed by atoms with Gasteiger partial charge in [0.05, 0.1) is 15.8 Å². The van der Waals surface area contributed by atoms with Crippen molar-refractivity contribution in [1.82, 2.24) is 18.8 Å². The molecule has 1 amide bonds. The van der Waals surface area contributed by atoms with E-state index >= 15 is 0 Å². The number of hydrogen-bond donors (Lipinski definition) is 0. The smallest absolute Gasteiger partial charge is 0.418 e. The molecular formula is C25H30F3N5O4S. The predicted molar refractivity (Wildman–Crippen MR) is 136 cm³/mol. The van der Waals surface area contributed by atoms with Crippen molar-refractivity contribution in [3.8, 4) is 0 Å². The van der Waals surface area contributed by atoms with Gasteiger partial charge in [0.25, 0.3) is 10.0 Å². The number of hydrogen-bond acceptors (Lipinski definition) is 7. The van der Waals surface area contributed by atoms with E-state index in [0.29, 0.717) is 10.2 Å². The third-order valence-electron chi connectivity index (χ3n) is 6.30. The molecule has 0 N–H and O–H groups in total. The molecule has 1 aliphatic heterocycles. The summed E-state index contributed by atoms with van der Waals surface area (Å²) in [5.41, 5.74) is -1.44. The fraction of sp³-hybridized carbons (Fsp3) is 0.480. The van der Waals surface area contributed by atoms with E-state index in [2.05, 4.69) is 9.97 Å². The van der Waals surface area contributed by atoms with Crippen molar-refractivity contribution >= 4 is 33.0 Å². The number of rotatable bonds is 3. The molecule has 0 radical (unpaired) electrons. The number of piperazine rings is 1. The van der Waals surface area contributed by atoms with Crippen molar-refractivity contribution in [1.29, 1.82) is 0 Å². The summed E-state index contributed by atoms with van der Waals surface area (Å²) in [5, 5.41) is -0.416. The van der Waals surface area contributed by atoms with Crippen molar-refractivity contribution in [2.45, 2.75) is 70.3 Å². The Hall–Kier alpha value is -3.35. The zero-order chi connectivity index (χ0) is 28.2. The van der Waals surface area contributed by atoms with E-state index in [4.69, 9.17) is 4.74 Å². The number of ether oxygens (including phenoxy) is 1. The number of alkyl halides is 3. The first kappa shape index (κ1) is 27.7. The van der Waals surface area contributed by atoms with Crippen LogP contribution in [0.3, 0.4) is 0 Å². The lowest BCUT2D eigenvalue weighted by atomic mass is 10.1. The lowest BCUT2D eigenvalue weighted by Crippen LogP contribution is -2.59. The second-order valence-electron chi connectivity index (χ2n) is 10.5. The van der Waals surface area contributed by atoms with Crippen molar-refractivity contribution in [2.24, 2.45) is 0 Å². The first-order valence-corrected chi connectivity index (χ1v) is 13.5. The van der Waals surface area contributed by atoms with Gasteiger partial charge in [-0.1, -0.05) is 17.7 Å². The summed E-state index contributed by atoms with van der Waals surface area (Å²) in [6.45, 7) is 10.9. The summed E-state index contributed by atoms with van der Waals surface area (Å²) in [4.78, 5) is 23.9. The Morgan fingerprint density at radius 2 is 1.66 bits per heavy atom. The highest BCUT2D eigenvalue weighted by Gasteiger charge is 2.41. The fourth-order valence-electron chi connectivity index (χ4n) is 4.45. The third-order valence-corrected chi connectivity index (χ3v) is 7.97. The van der Waals surface area contributed by atoms with Gasteiger partial charge in [-0.05, 0) is 53.7 Å². The number of fused-ring (bicyclic) bond motifs is 1. The number of aromatic nitrogens is 3. The molecule has 0 aliphatic carbocycles. The van der Waals surface area contributed by atoms with Crippen molar-refractivity contribution in [3.63, 3.8) is 0 Å². The minimum atomic E-state index is -4.88. The molecule has 13 heteroatoms. The van der Waals surface area contributed by atoms with E-state index in [1.165, 1.54) is 17.0 Å². The van der Waals surface area contributed by atoms with Crippen LogP contribution in [0.25, 0.3) is 11.0 Å². The van der Waals surface area contributed by atoms with Crippen LogP contribution in [0.2, 0.25) is 0 Å². The van der Waals surface area contributed by atoms with E-state index < -0.39 is 50.9 Å². The number of benzene rings is 1. The Balaban J connectivity index is 1.82. The third kappa shape index (κ3) is 5.16. The van der Waals surface area contributed by atoms with Gasteiger partial charge in [0.15, 0.2) is 5.65 Å². The Labute approximate surface area is 219 Å². The van der Waals surface area contributed by atoms with Crippen LogP contribution in [-0.2, 0) is 20.9 Å². The van der Waals surface area contributed by atoms with E-state index in [9.17, 15) is 26.4 Å². The Morgan fingerprint density at radius 3 is 2.24 bits per heavy atom. The SMILES string of the molecule is Cc1ccc(S(=O)(=O)n2cc(C(F)(F)F)c3c(N4C[C@@H](C)N(C(=O)OC(C)(C)C)C[C@@H]4C)ncnc32)cc1. The Kier molecular flexibility index (Phi) is 6.87. The van der Waals surface area contributed by atoms with Crippen LogP contribution in [0.1, 0.15) is 45.7 Å². The quantitative estimate of drug-likeness (QED) is 0.458. The molecule has 1 aromatic carbocycles. The zero-order valence-corrected chi connectivity index (χ0v) is 22.8. The highest BCUT2D eigenvalue weighted by Crippen LogP contribution is 2.41. The molecule has 9 nitrogen and oxygen atoms in total. The number of nitrogens with zero attached hydrogens (tertiary/aromatic N) is 5. The topological polar surface area (TPSA) is 97.6 Å². The van der Waals surface area contributed by atoms with E-state index in [1.807, 2.05) is 0 Å². The highest BCUT2D eigenvalue weighted by atomic mass is 32.2. The molecular weight excluding hydrogens is 523 g/mol. The predicted octanol–water partition coefficient (Wildman–Crippen LogP) is 4.83. The fourth-order valence-corrected chi connectivity index (χ4v) is 5.77. The number of amides is 1. The zero-order valence-electron chi connectivity index (χ0n) is 21.9. The van der Waals surface area contributed by atoms with Crippen molar-refractivity contribution in [2.75, 3.05) is 18.0 Å². The molecule has 3 heterocycles. The number of anilines is 1. The normalized spacial score (nSPS) is 19.2. The minimum absolute atomic E-state index is 0.0524. The Morgan fingerprint density at radius 1 is 1.03 bits per heavy atom. The molecule has 2 aromatic heterocycles. The average molecular weight is 554 g/mol. The van der Waals surface area contributed by atoms with Crippen LogP contribution < -0.4 is 4.90 Å². The lowest BCUT2D eigenvalue weighted by molar-refractivity contribution is -0.136. The molecule has 1 saturated heterocycles. The molecule has 3 aromatic rings. The van der Waals surface area contributed by atoms with Crippen LogP contribution in [0.15, 0.2) is 41.7 Å². The molecule has 206 valence electrons. The van der Waals surface area contributed by atoms with Gasteiger partial charge in [0.2, 0.25) is 0 Å². The van der Waals surface area contributed by atoms with Gasteiger partial charge in [-0.15, -0.1) is 0 Å². The van der Waals surface area contributed by atoms with E-state index in [-0.39, 0.29) is 29.5 Å². The first-order valence-electron chi connectivity index (χ1n) is 12.0. The average Bonchev–Trinajstić information content (AvgIpc) is 3.21. The molecule has 0 unspecified atom stereocenters. The summed E-state index contributed by atoms with van der Waals surface area (Å²) in [5.74, 6) is -0.0524. The van der Waals surface area contributed by atoms with Crippen molar-refractivity contribution < 1.29 is 31.1 Å². The standard InChI is InChI=1S/C25H30F3N5O4S/c1-15-7-9-18(10-8-15)38(35,36)33-13-19(25(26,27)28)20-21(29-14-30-22(20)33)31-11-17(3)32(12-16(31)2)23(34)37-24(4,5)6/h7-10,13-14,16-17H,11-12H2,1-6H3/t16-,17+/m0/s1. The van der Waals surface area contributed by atoms with Crippen LogP contribution in [0.4, 0.5) is 23.8 Å². The number of carbonyl (C=O) groups is 1. The van der Waals surface area contributed by atoms with Crippen LogP contribution in [0.5, 0.6) is 0 Å². The summed E-state index contributed by atoms with van der Waals surface area (Å²) >= 11 is 0. The Bertz CT molecular complexity index is 1460. The van der Waals surface area contributed by atoms with E-state index in [0.717, 1.165) is 11.9 Å². The van der Waals surface area contributed by atoms with Gasteiger partial charge < -0.3 is 14.5 Å². The lowest BCUT2D eigenvalue weighted by Gasteiger charge is -2.44. The molecule has 2 atom stereocenters. The van der Waals surface area contributed by atoms with Gasteiger partial charge in [-0.25, -0.2) is 27.2 Å². The molecule has 1 aliphatic rings. The van der Waals surface area contributed by atoms with Crippen LogP contribution in [-0.4, -0.2) is 64.1 Å². The maximum absolute atomic E-state index is 14.3. The van der Waals surface area contributed by atoms with Gasteiger partial charge in [-0.3, -0.25) is 0 Å². The maximum atomic E-state index is 14.3. The van der Waals surface area contributed by atoms with Gasteiger partial charge in [0, 0.05) is 31.4 Å². The summed E-state index contributed by atoms with van der Waals surface area (Å²) in [7, 11) is -4.39. The molecule has 38 heavy (non-hydrogen) atoms. The van der Waals surface area contributed by atoms with Crippen LogP contribution in [0, 0.1) is 6.92 Å². The van der Waals surface area contributed by atoms with Crippen LogP contribution >= 0.6 is 0 Å². The second kappa shape index (κ2) is 9.44. The largest absolute Gasteiger partial charge is 0.444 e. The first-order chi connectivity index (χ1) is 17.5. The molecule has 1 fully saturated rings. The number of halogens is 3. The molecule has 4 rings (SSSR count). The summed E-state index contributed by atoms with van der Waals surface area (Å²) in [6.07, 6.45) is -3.78. The molecule has 0 bridgehead atoms. The van der Waals surface area contributed by atoms with Gasteiger partial charge >= 0.3 is 12.3 Å². The second-order valence-corrected chi connectivity index (χ2v) is 12.3. The minimum Gasteiger partial charge on any atom is -0.444 e. The number of carbonyl (C=O) groups excluding carboxylic acids is 1. The number of aryl methyl sites for hydroxylation is 1. The van der Waals surface area contributed by atoms with Gasteiger partial charge in [0.1, 0.15) is 17.7 Å². The van der Waals surface area contributed by atoms with E-state index in [1.54, 1.807) is 58.6 Å². The van der Waals surface area contributed by atoms with Crippen molar-refractivity contribution in [3.05, 3.63) is 47.9 Å². The maximum Gasteiger partial charge on any atom is 0.418 e. The highest BCUT2D eigenvalue weighted by molar-refractivity contribution is 7.90. The van der Waals surface area contributed by atoms with Gasteiger partial charge in [-0.2, -0.15) is 13.2 Å². The monoisotopic (exact) mass is 553 g/mol. The molecule has 0 spiro atoms.